The van der Waals surface area contributed by atoms with Gasteiger partial charge in [-0.2, -0.15) is 0 Å². The van der Waals surface area contributed by atoms with Gasteiger partial charge in [-0.3, -0.25) is 110 Å². The van der Waals surface area contributed by atoms with Crippen LogP contribution in [-0.4, -0.2) is 261 Å². The van der Waals surface area contributed by atoms with Gasteiger partial charge in [0.15, 0.2) is 42.4 Å². The number of oxime groups is 1. The number of benzene rings is 1. The van der Waals surface area contributed by atoms with Crippen molar-refractivity contribution in [2.45, 2.75) is 183 Å². The number of rotatable bonds is 62. The van der Waals surface area contributed by atoms with Crippen molar-refractivity contribution >= 4 is 152 Å². The third kappa shape index (κ3) is 44.1. The van der Waals surface area contributed by atoms with Gasteiger partial charge >= 0.3 is 0 Å². The quantitative estimate of drug-likeness (QED) is 0.00820. The summed E-state index contributed by atoms with van der Waals surface area (Å²) in [6.07, 6.45) is 2.79. The average Bonchev–Trinajstić information content (AvgIpc) is 0.774. The highest BCUT2D eigenvalue weighted by Gasteiger charge is 2.36. The number of hydrogen-bond donors (Lipinski definition) is 34. The first-order valence-electron chi connectivity index (χ1n) is 40.3. The van der Waals surface area contributed by atoms with Gasteiger partial charge in [0.1, 0.15) is 60.6 Å². The number of carbonyl (C=O) groups excluding carboxylic acids is 14. The summed E-state index contributed by atoms with van der Waals surface area (Å²) in [4.78, 5) is 207. The monoisotopic (exact) mass is 1760 g/mol. The molecule has 3 aromatic rings. The summed E-state index contributed by atoms with van der Waals surface area (Å²) in [6.45, 7) is -1.63. The average molecular weight is 1760 g/mol. The van der Waals surface area contributed by atoms with Gasteiger partial charge in [-0.05, 0) is 159 Å². The maximum Gasteiger partial charge on any atom is 0.266 e. The predicted octanol–water partition coefficient (Wildman–Crippen LogP) is -10.1. The number of aromatic nitrogens is 2. The summed E-state index contributed by atoms with van der Waals surface area (Å²) in [7, 11) is 0. The van der Waals surface area contributed by atoms with Gasteiger partial charge in [-0.25, -0.2) is 0 Å². The number of nitrogens with one attached hydrogen (secondary N) is 24. The zero-order chi connectivity index (χ0) is 92.8. The number of unbranched alkanes of at least 4 members (excludes halogenated alkanes) is 2. The van der Waals surface area contributed by atoms with Crippen LogP contribution in [0.25, 0.3) is 21.8 Å². The van der Waals surface area contributed by atoms with Gasteiger partial charge in [0.25, 0.3) is 11.8 Å². The number of nitrogens with two attached hydrogens (primary N) is 10. The molecule has 0 saturated carbocycles. The molecule has 0 fully saturated rings. The predicted molar refractivity (Wildman–Crippen MR) is 462 cm³/mol. The zero-order valence-electron chi connectivity index (χ0n) is 69.5. The molecule has 1 aromatic carbocycles. The van der Waals surface area contributed by atoms with E-state index in [-0.39, 0.29) is 161 Å². The van der Waals surface area contributed by atoms with E-state index in [0.717, 1.165) is 0 Å². The third-order valence-electron chi connectivity index (χ3n) is 18.3. The fraction of sp³-hybridized carbons (Fsp3) is 0.548. The Morgan fingerprint density at radius 2 is 0.688 bits per heavy atom. The molecule has 9 atom stereocenters. The van der Waals surface area contributed by atoms with Crippen LogP contribution in [0.2, 0.25) is 0 Å². The summed E-state index contributed by atoms with van der Waals surface area (Å²) in [6, 6.07) is -5.05. The first kappa shape index (κ1) is 105. The number of fused-ring (bicyclic) bond motifs is 3. The maximum absolute atomic E-state index is 14.9. The first-order valence-corrected chi connectivity index (χ1v) is 40.3. The van der Waals surface area contributed by atoms with Crippen LogP contribution in [0, 0.1) is 32.5 Å². The molecule has 0 aliphatic heterocycles. The highest BCUT2D eigenvalue weighted by molar-refractivity contribution is 6.26. The van der Waals surface area contributed by atoms with E-state index in [4.69, 9.17) is 94.6 Å². The van der Waals surface area contributed by atoms with E-state index in [9.17, 15) is 67.1 Å². The second kappa shape index (κ2) is 58.6. The fourth-order valence-electron chi connectivity index (χ4n) is 12.0. The standard InChI is InChI=1S/C73H123N37O15/c74-25-3-1-15-44(104-60(117)43(18-8-30-93-69(80)81)101-54(113)36-98-53(112)38-100-125-39-56(115)99-37-55(114)102-51-35-40-13-5-27-90-57(40)58-41(51)14-6-28-91-58)62(119)105-45(16-2-4-26-75)63(120)107-47(20-10-32-95-71(84)85)64(121)108-49(22-12-34-97-73(88)89)66(123)110-50(23-24-52(76)111)67(124)109-48(21-11-33-96-72(86)87)65(122)106-46(19-9-31-94-70(82)83)61(118)103-42(59(77)116)17-7-29-92-68(78)79/h5-6,13-14,27-28,35,38,42-50H,1-4,7-12,15-26,29-34,36-37,39,74-75H2,(H2,76,111)(H2,77,116)(H,98,112)(H,99,115)(H,101,113)(H,102,114)(H,103,118)(H,104,117)(H,105,119)(H,106,122)(H,107,120)(H,108,121)(H,109,124)(H,110,123)(H4,78,79,92)(H4,80,81,93)(H4,82,83,94)(H4,84,85,95)(H4,86,87,96)(H4,88,89,97)/b100-38+/t42-,43-,44-,45-,46-,47-,48-,49-,50-/m0/s1. The minimum atomic E-state index is -1.75. The number of carbonyl (C=O) groups is 14. The summed E-state index contributed by atoms with van der Waals surface area (Å²) in [5, 5.41) is 96.5. The van der Waals surface area contributed by atoms with Gasteiger partial charge < -0.3 is 158 Å². The topological polar surface area (TPSA) is 906 Å². The smallest absolute Gasteiger partial charge is 0.266 e. The molecule has 0 aliphatic rings. The minimum Gasteiger partial charge on any atom is -0.386 e. The molecule has 2 aromatic heterocycles. The zero-order valence-corrected chi connectivity index (χ0v) is 69.5. The molecule has 125 heavy (non-hydrogen) atoms. The van der Waals surface area contributed by atoms with Crippen LogP contribution in [0.15, 0.2) is 47.9 Å². The highest BCUT2D eigenvalue weighted by atomic mass is 16.6. The van der Waals surface area contributed by atoms with Crippen LogP contribution >= 0.6 is 0 Å². The van der Waals surface area contributed by atoms with E-state index in [0.29, 0.717) is 46.5 Å². The molecule has 0 saturated heterocycles. The molecule has 2 heterocycles. The molecule has 0 spiro atoms. The number of nitrogens with zero attached hydrogens (tertiary/aromatic N) is 3. The van der Waals surface area contributed by atoms with Gasteiger partial charge in [-0.1, -0.05) is 11.2 Å². The van der Waals surface area contributed by atoms with E-state index in [2.05, 4.69) is 111 Å². The lowest BCUT2D eigenvalue weighted by Crippen LogP contribution is -2.60. The molecule has 690 valence electrons. The Hall–Kier alpha value is -14.4. The van der Waals surface area contributed by atoms with Crippen LogP contribution in [0.3, 0.4) is 0 Å². The first-order chi connectivity index (χ1) is 59.5. The van der Waals surface area contributed by atoms with Crippen LogP contribution in [0.1, 0.15) is 128 Å². The molecular formula is C73H123N37O15. The SMILES string of the molecule is N=C(N)NCCC[C@H](NC(=O)[C@H](CCCNC(=N)N)NC(=O)[C@H](CCCNC(=N)N)NC(=O)[C@H](CCC(N)=O)NC(=O)[C@H](CCCNC(=N)N)NC(=O)[C@H](CCCNC(=N)N)NC(=O)[C@H](CCCCN)NC(=O)[C@H](CCCCN)NC(=O)[C@H](CCCNC(=N)N)NC(=O)CNC(=O)/C=N/OCC(=O)NCC(=O)Nc1cc2cccnc2c2ncccc12)C(N)=O. The number of hydrogen-bond acceptors (Lipinski definition) is 26. The van der Waals surface area contributed by atoms with Crippen LogP contribution in [0.5, 0.6) is 0 Å². The second-order valence-electron chi connectivity index (χ2n) is 28.4. The van der Waals surface area contributed by atoms with E-state index in [1.165, 1.54) is 0 Å². The Kier molecular flexibility index (Phi) is 49.1. The normalized spacial score (nSPS) is 13.0. The number of amides is 14. The van der Waals surface area contributed by atoms with Crippen molar-refractivity contribution in [3.8, 4) is 0 Å². The van der Waals surface area contributed by atoms with E-state index < -0.39 is 199 Å². The van der Waals surface area contributed by atoms with Gasteiger partial charge in [0, 0.05) is 68.9 Å². The number of pyridine rings is 2. The Labute approximate surface area is 719 Å². The van der Waals surface area contributed by atoms with Crippen molar-refractivity contribution in [1.29, 1.82) is 32.5 Å². The molecule has 0 unspecified atom stereocenters. The molecule has 44 N–H and O–H groups in total. The lowest BCUT2D eigenvalue weighted by molar-refractivity contribution is -0.136. The molecule has 52 nitrogen and oxygen atoms in total. The molecule has 0 bridgehead atoms. The van der Waals surface area contributed by atoms with Crippen molar-refractivity contribution in [2.24, 2.45) is 62.5 Å². The van der Waals surface area contributed by atoms with Crippen molar-refractivity contribution in [3.63, 3.8) is 0 Å². The van der Waals surface area contributed by atoms with Crippen LogP contribution in [-0.2, 0) is 72.0 Å². The molecule has 0 aliphatic carbocycles. The van der Waals surface area contributed by atoms with Gasteiger partial charge in [-0.15, -0.1) is 0 Å². The Morgan fingerprint density at radius 1 is 0.368 bits per heavy atom. The van der Waals surface area contributed by atoms with Crippen molar-refractivity contribution in [1.82, 2.24) is 100 Å². The second-order valence-corrected chi connectivity index (χ2v) is 28.4. The number of guanidine groups is 6. The van der Waals surface area contributed by atoms with E-state index >= 15 is 0 Å². The summed E-state index contributed by atoms with van der Waals surface area (Å²) in [5.74, 6) is -15.7. The molecule has 14 amide bonds. The largest absolute Gasteiger partial charge is 0.386 e. The summed E-state index contributed by atoms with van der Waals surface area (Å²) < 4.78 is 0. The maximum atomic E-state index is 14.9. The Bertz CT molecular complexity index is 4210. The minimum absolute atomic E-state index is 0.00157. The van der Waals surface area contributed by atoms with Crippen LogP contribution < -0.4 is 153 Å². The van der Waals surface area contributed by atoms with Gasteiger partial charge in [0.2, 0.25) is 70.9 Å². The summed E-state index contributed by atoms with van der Waals surface area (Å²) >= 11 is 0. The van der Waals surface area contributed by atoms with Gasteiger partial charge in [0.05, 0.1) is 29.8 Å². The number of anilines is 1. The lowest BCUT2D eigenvalue weighted by Gasteiger charge is -2.28. The van der Waals surface area contributed by atoms with Crippen molar-refractivity contribution < 1.29 is 72.0 Å². The molecule has 52 heteroatoms. The Morgan fingerprint density at radius 3 is 1.04 bits per heavy atom. The lowest BCUT2D eigenvalue weighted by atomic mass is 10.0. The van der Waals surface area contributed by atoms with E-state index in [1.54, 1.807) is 42.7 Å². The summed E-state index contributed by atoms with van der Waals surface area (Å²) in [5.41, 5.74) is 57.5. The highest BCUT2D eigenvalue weighted by Crippen LogP contribution is 2.29. The number of primary amides is 2. The Balaban J connectivity index is 1.92. The van der Waals surface area contributed by atoms with Crippen LogP contribution in [0.4, 0.5) is 5.69 Å². The fourth-order valence-corrected chi connectivity index (χ4v) is 12.0. The third-order valence-corrected chi connectivity index (χ3v) is 18.3. The molecule has 3 rings (SSSR count). The van der Waals surface area contributed by atoms with Crippen molar-refractivity contribution in [2.75, 3.05) is 77.4 Å². The molecular weight excluding hydrogens is 1640 g/mol. The van der Waals surface area contributed by atoms with Crippen molar-refractivity contribution in [3.05, 3.63) is 42.7 Å². The molecule has 0 radical (unpaired) electrons. The van der Waals surface area contributed by atoms with E-state index in [1.807, 2.05) is 0 Å².